The molecular weight excluding hydrogens is 351 g/mol. The Morgan fingerprint density at radius 2 is 2.00 bits per heavy atom. The highest BCUT2D eigenvalue weighted by molar-refractivity contribution is 5.79. The van der Waals surface area contributed by atoms with Gasteiger partial charge in [-0.3, -0.25) is 4.99 Å². The van der Waals surface area contributed by atoms with Crippen LogP contribution in [0.3, 0.4) is 0 Å². The summed E-state index contributed by atoms with van der Waals surface area (Å²) in [5.74, 6) is 1.61. The summed E-state index contributed by atoms with van der Waals surface area (Å²) in [5, 5.41) is 6.00. The van der Waals surface area contributed by atoms with Gasteiger partial charge in [-0.25, -0.2) is 9.97 Å². The zero-order chi connectivity index (χ0) is 19.2. The molecule has 0 radical (unpaired) electrons. The first kappa shape index (κ1) is 19.5. The molecule has 2 N–H and O–H groups in total. The Morgan fingerprint density at radius 3 is 2.62 bits per heavy atom. The summed E-state index contributed by atoms with van der Waals surface area (Å²) < 4.78 is 47.2. The molecule has 0 aliphatic carbocycles. The maximum Gasteiger partial charge on any atom is 0.422 e. The van der Waals surface area contributed by atoms with Crippen LogP contribution in [-0.4, -0.2) is 35.8 Å². The smallest absolute Gasteiger partial charge is 0.422 e. The van der Waals surface area contributed by atoms with Gasteiger partial charge in [0.15, 0.2) is 12.6 Å². The van der Waals surface area contributed by atoms with Gasteiger partial charge in [-0.2, -0.15) is 13.2 Å². The van der Waals surface area contributed by atoms with Crippen molar-refractivity contribution in [2.45, 2.75) is 33.1 Å². The zero-order valence-corrected chi connectivity index (χ0v) is 14.6. The van der Waals surface area contributed by atoms with Gasteiger partial charge in [-0.05, 0) is 19.9 Å². The number of pyridine rings is 1. The molecule has 10 heteroatoms. The molecule has 0 saturated heterocycles. The Labute approximate surface area is 148 Å². The maximum absolute atomic E-state index is 12.3. The Balaban J connectivity index is 1.91. The fraction of sp³-hybridized carbons (Fsp3) is 0.438. The lowest BCUT2D eigenvalue weighted by Gasteiger charge is -2.14. The largest absolute Gasteiger partial charge is 0.468 e. The fourth-order valence-corrected chi connectivity index (χ4v) is 2.01. The third kappa shape index (κ3) is 5.94. The molecule has 2 rings (SSSR count). The van der Waals surface area contributed by atoms with Gasteiger partial charge in [0.2, 0.25) is 11.8 Å². The molecule has 2 aromatic rings. The van der Waals surface area contributed by atoms with Crippen molar-refractivity contribution in [2.75, 3.05) is 13.7 Å². The molecule has 0 unspecified atom stereocenters. The van der Waals surface area contributed by atoms with E-state index in [0.717, 1.165) is 11.5 Å². The van der Waals surface area contributed by atoms with Crippen molar-refractivity contribution >= 4 is 5.96 Å². The lowest BCUT2D eigenvalue weighted by molar-refractivity contribution is -0.154. The monoisotopic (exact) mass is 371 g/mol. The first-order chi connectivity index (χ1) is 12.3. The summed E-state index contributed by atoms with van der Waals surface area (Å²) in [6, 6.07) is 3.24. The third-order valence-electron chi connectivity index (χ3n) is 3.37. The lowest BCUT2D eigenvalue weighted by Crippen LogP contribution is -2.36. The number of nitrogens with zero attached hydrogens (tertiary/aromatic N) is 3. The number of guanidine groups is 1. The van der Waals surface area contributed by atoms with Gasteiger partial charge in [-0.1, -0.05) is 6.07 Å². The second-order valence-electron chi connectivity index (χ2n) is 5.40. The summed E-state index contributed by atoms with van der Waals surface area (Å²) in [6.07, 6.45) is -3.05. The molecule has 0 spiro atoms. The average Bonchev–Trinajstić information content (AvgIpc) is 2.91. The van der Waals surface area contributed by atoms with Gasteiger partial charge >= 0.3 is 6.18 Å². The number of nitrogens with one attached hydrogen (secondary N) is 2. The van der Waals surface area contributed by atoms with Crippen LogP contribution in [0.25, 0.3) is 0 Å². The molecule has 0 fully saturated rings. The van der Waals surface area contributed by atoms with Gasteiger partial charge in [0, 0.05) is 25.4 Å². The molecule has 142 valence electrons. The molecule has 0 bridgehead atoms. The molecule has 0 saturated carbocycles. The van der Waals surface area contributed by atoms with E-state index in [1.165, 1.54) is 6.20 Å². The second kappa shape index (κ2) is 8.54. The number of aliphatic imine (C=N–C) groups is 1. The van der Waals surface area contributed by atoms with E-state index in [2.05, 4.69) is 25.6 Å². The minimum atomic E-state index is -4.42. The number of hydrogen-bond acceptors (Lipinski definition) is 5. The summed E-state index contributed by atoms with van der Waals surface area (Å²) >= 11 is 0. The van der Waals surface area contributed by atoms with Crippen molar-refractivity contribution in [3.05, 3.63) is 41.2 Å². The molecule has 0 aromatic carbocycles. The van der Waals surface area contributed by atoms with E-state index in [1.807, 2.05) is 13.8 Å². The lowest BCUT2D eigenvalue weighted by atomic mass is 10.2. The average molecular weight is 371 g/mol. The summed E-state index contributed by atoms with van der Waals surface area (Å²) in [7, 11) is 1.58. The van der Waals surface area contributed by atoms with Crippen LogP contribution in [-0.2, 0) is 13.1 Å². The molecule has 0 aliphatic heterocycles. The van der Waals surface area contributed by atoms with Crippen molar-refractivity contribution in [1.82, 2.24) is 20.6 Å². The molecule has 0 aliphatic rings. The molecule has 0 amide bonds. The highest BCUT2D eigenvalue weighted by Gasteiger charge is 2.29. The van der Waals surface area contributed by atoms with E-state index in [9.17, 15) is 13.2 Å². The van der Waals surface area contributed by atoms with Gasteiger partial charge in [0.05, 0.1) is 12.2 Å². The Morgan fingerprint density at radius 1 is 1.27 bits per heavy atom. The summed E-state index contributed by atoms with van der Waals surface area (Å²) in [4.78, 5) is 12.1. The van der Waals surface area contributed by atoms with Gasteiger partial charge in [-0.15, -0.1) is 0 Å². The van der Waals surface area contributed by atoms with Gasteiger partial charge < -0.3 is 19.8 Å². The Kier molecular flexibility index (Phi) is 6.42. The number of aromatic nitrogens is 2. The van der Waals surface area contributed by atoms with Crippen molar-refractivity contribution in [3.63, 3.8) is 0 Å². The van der Waals surface area contributed by atoms with Crippen molar-refractivity contribution in [3.8, 4) is 5.88 Å². The highest BCUT2D eigenvalue weighted by atomic mass is 19.4. The zero-order valence-electron chi connectivity index (χ0n) is 14.6. The highest BCUT2D eigenvalue weighted by Crippen LogP contribution is 2.19. The fourth-order valence-electron chi connectivity index (χ4n) is 2.01. The molecule has 2 aromatic heterocycles. The molecular formula is C16H20F3N5O2. The van der Waals surface area contributed by atoms with E-state index < -0.39 is 12.8 Å². The molecule has 2 heterocycles. The standard InChI is InChI=1S/C16H20F3N5O2/c1-10-11(2)26-13(24-10)8-23-15(20-3)22-7-12-5-4-6-21-14(12)25-9-16(17,18)19/h4-6H,7-9H2,1-3H3,(H2,20,22,23). The van der Waals surface area contributed by atoms with E-state index in [4.69, 9.17) is 9.15 Å². The maximum atomic E-state index is 12.3. The Bertz CT molecular complexity index is 739. The summed E-state index contributed by atoms with van der Waals surface area (Å²) in [5.41, 5.74) is 1.29. The van der Waals surface area contributed by atoms with E-state index in [1.54, 1.807) is 19.2 Å². The summed E-state index contributed by atoms with van der Waals surface area (Å²) in [6.45, 7) is 2.78. The minimum Gasteiger partial charge on any atom is -0.468 e. The van der Waals surface area contributed by atoms with Crippen LogP contribution in [0.4, 0.5) is 13.2 Å². The second-order valence-corrected chi connectivity index (χ2v) is 5.40. The van der Waals surface area contributed by atoms with E-state index in [-0.39, 0.29) is 12.4 Å². The number of hydrogen-bond donors (Lipinski definition) is 2. The van der Waals surface area contributed by atoms with Crippen LogP contribution in [0, 0.1) is 13.8 Å². The minimum absolute atomic E-state index is 0.0771. The molecule has 7 nitrogen and oxygen atoms in total. The van der Waals surface area contributed by atoms with Crippen LogP contribution < -0.4 is 15.4 Å². The number of ether oxygens (including phenoxy) is 1. The third-order valence-corrected chi connectivity index (χ3v) is 3.37. The molecule has 26 heavy (non-hydrogen) atoms. The van der Waals surface area contributed by atoms with Gasteiger partial charge in [0.1, 0.15) is 5.76 Å². The van der Waals surface area contributed by atoms with Gasteiger partial charge in [0.25, 0.3) is 0 Å². The normalized spacial score (nSPS) is 12.2. The van der Waals surface area contributed by atoms with Crippen molar-refractivity contribution in [2.24, 2.45) is 4.99 Å². The SMILES string of the molecule is CN=C(NCc1nc(C)c(C)o1)NCc1cccnc1OCC(F)(F)F. The van der Waals surface area contributed by atoms with E-state index >= 15 is 0 Å². The number of aryl methyl sites for hydroxylation is 2. The van der Waals surface area contributed by atoms with Crippen LogP contribution >= 0.6 is 0 Å². The first-order valence-electron chi connectivity index (χ1n) is 7.79. The molecule has 0 atom stereocenters. The van der Waals surface area contributed by atoms with Crippen molar-refractivity contribution in [1.29, 1.82) is 0 Å². The predicted octanol–water partition coefficient (Wildman–Crippen LogP) is 2.49. The first-order valence-corrected chi connectivity index (χ1v) is 7.79. The number of oxazole rings is 1. The predicted molar refractivity (Wildman–Crippen MR) is 88.8 cm³/mol. The number of alkyl halides is 3. The van der Waals surface area contributed by atoms with Crippen LogP contribution in [0.1, 0.15) is 22.9 Å². The number of rotatable bonds is 6. The van der Waals surface area contributed by atoms with Crippen molar-refractivity contribution < 1.29 is 22.3 Å². The van der Waals surface area contributed by atoms with E-state index in [0.29, 0.717) is 24.0 Å². The van der Waals surface area contributed by atoms with Crippen LogP contribution in [0.5, 0.6) is 5.88 Å². The quantitative estimate of drug-likeness (QED) is 0.600. The Hall–Kier alpha value is -2.78. The number of halogens is 3. The topological polar surface area (TPSA) is 84.6 Å². The van der Waals surface area contributed by atoms with Crippen LogP contribution in [0.15, 0.2) is 27.7 Å². The van der Waals surface area contributed by atoms with Crippen LogP contribution in [0.2, 0.25) is 0 Å².